The smallest absolute Gasteiger partial charge is 0.0991 e. The minimum atomic E-state index is 0.513. The van der Waals surface area contributed by atoms with Crippen LogP contribution in [-0.4, -0.2) is 12.7 Å². The van der Waals surface area contributed by atoms with E-state index in [1.807, 2.05) is 24.3 Å². The molecule has 4 atom stereocenters. The second kappa shape index (κ2) is 8.28. The lowest BCUT2D eigenvalue weighted by atomic mass is 9.65. The summed E-state index contributed by atoms with van der Waals surface area (Å²) in [6, 6.07) is 19.2. The highest BCUT2D eigenvalue weighted by Gasteiger charge is 2.36. The van der Waals surface area contributed by atoms with E-state index in [4.69, 9.17) is 10.00 Å². The Hall–Kier alpha value is -2.11. The molecular formula is C25H29NO. The van der Waals surface area contributed by atoms with Crippen molar-refractivity contribution in [3.8, 4) is 17.2 Å². The fraction of sp³-hybridized carbons (Fsp3) is 0.480. The minimum absolute atomic E-state index is 0.513. The predicted octanol–water partition coefficient (Wildman–Crippen LogP) is 6.31. The maximum atomic E-state index is 8.95. The first-order valence-electron chi connectivity index (χ1n) is 10.5. The van der Waals surface area contributed by atoms with E-state index in [1.165, 1.54) is 55.2 Å². The van der Waals surface area contributed by atoms with E-state index in [1.54, 1.807) is 0 Å². The average Bonchev–Trinajstić information content (AvgIpc) is 2.74. The van der Waals surface area contributed by atoms with Crippen molar-refractivity contribution < 1.29 is 4.74 Å². The summed E-state index contributed by atoms with van der Waals surface area (Å²) in [4.78, 5) is 0. The van der Waals surface area contributed by atoms with Gasteiger partial charge in [0.1, 0.15) is 0 Å². The maximum Gasteiger partial charge on any atom is 0.0991 e. The molecule has 0 aromatic heterocycles. The van der Waals surface area contributed by atoms with Crippen LogP contribution in [0.3, 0.4) is 0 Å². The van der Waals surface area contributed by atoms with Crippen LogP contribution in [0.1, 0.15) is 62.5 Å². The fourth-order valence-corrected chi connectivity index (χ4v) is 5.22. The van der Waals surface area contributed by atoms with Crippen molar-refractivity contribution in [3.05, 3.63) is 59.7 Å². The van der Waals surface area contributed by atoms with Crippen molar-refractivity contribution in [2.24, 2.45) is 11.8 Å². The summed E-state index contributed by atoms with van der Waals surface area (Å²) in [6.07, 6.45) is 8.41. The van der Waals surface area contributed by atoms with E-state index in [-0.39, 0.29) is 0 Å². The van der Waals surface area contributed by atoms with Crippen molar-refractivity contribution in [1.29, 1.82) is 5.26 Å². The van der Waals surface area contributed by atoms with Crippen LogP contribution in [0.25, 0.3) is 11.1 Å². The quantitative estimate of drug-likeness (QED) is 0.640. The molecule has 2 saturated carbocycles. The van der Waals surface area contributed by atoms with Crippen LogP contribution in [0.4, 0.5) is 0 Å². The third-order valence-electron chi connectivity index (χ3n) is 6.70. The van der Waals surface area contributed by atoms with E-state index in [0.29, 0.717) is 17.6 Å². The first-order chi connectivity index (χ1) is 13.3. The predicted molar refractivity (Wildman–Crippen MR) is 109 cm³/mol. The van der Waals surface area contributed by atoms with Gasteiger partial charge in [0, 0.05) is 6.61 Å². The van der Waals surface area contributed by atoms with Crippen LogP contribution < -0.4 is 0 Å². The Kier molecular flexibility index (Phi) is 5.60. The lowest BCUT2D eigenvalue weighted by Gasteiger charge is -2.42. The third kappa shape index (κ3) is 4.09. The summed E-state index contributed by atoms with van der Waals surface area (Å²) in [5.74, 6) is 2.48. The first-order valence-corrected chi connectivity index (χ1v) is 10.5. The zero-order valence-electron chi connectivity index (χ0n) is 16.2. The second-order valence-corrected chi connectivity index (χ2v) is 8.23. The molecule has 0 aliphatic heterocycles. The fourth-order valence-electron chi connectivity index (χ4n) is 5.22. The van der Waals surface area contributed by atoms with Gasteiger partial charge in [0.2, 0.25) is 0 Å². The van der Waals surface area contributed by atoms with E-state index in [9.17, 15) is 0 Å². The van der Waals surface area contributed by atoms with Gasteiger partial charge in [-0.15, -0.1) is 0 Å². The SMILES string of the molecule is CCOC1CCC2CC(c3ccc(-c4ccc(C#N)cc4)cc3)CCC2C1. The molecule has 0 amide bonds. The molecule has 27 heavy (non-hydrogen) atoms. The molecule has 2 nitrogen and oxygen atoms in total. The van der Waals surface area contributed by atoms with Gasteiger partial charge in [-0.2, -0.15) is 5.26 Å². The standard InChI is InChI=1S/C25H29NO/c1-2-27-25-14-13-23-15-22(11-12-24(23)16-25)21-9-7-20(8-10-21)19-5-3-18(17-26)4-6-19/h3-10,22-25H,2,11-16H2,1H3. The van der Waals surface area contributed by atoms with E-state index in [0.717, 1.165) is 18.4 Å². The van der Waals surface area contributed by atoms with Gasteiger partial charge in [-0.05, 0) is 92.0 Å². The van der Waals surface area contributed by atoms with Gasteiger partial charge < -0.3 is 4.74 Å². The number of nitrogens with zero attached hydrogens (tertiary/aromatic N) is 1. The molecule has 140 valence electrons. The Balaban J connectivity index is 1.40. The number of rotatable bonds is 4. The summed E-state index contributed by atoms with van der Waals surface area (Å²) in [5.41, 5.74) is 4.62. The summed E-state index contributed by atoms with van der Waals surface area (Å²) in [6.45, 7) is 2.97. The molecule has 2 fully saturated rings. The Morgan fingerprint density at radius 1 is 0.852 bits per heavy atom. The van der Waals surface area contributed by atoms with E-state index < -0.39 is 0 Å². The number of fused-ring (bicyclic) bond motifs is 1. The molecule has 0 heterocycles. The summed E-state index contributed by atoms with van der Waals surface area (Å²) in [7, 11) is 0. The number of hydrogen-bond donors (Lipinski definition) is 0. The highest BCUT2D eigenvalue weighted by atomic mass is 16.5. The van der Waals surface area contributed by atoms with Gasteiger partial charge in [0.05, 0.1) is 17.7 Å². The molecule has 4 rings (SSSR count). The topological polar surface area (TPSA) is 33.0 Å². The molecule has 0 saturated heterocycles. The lowest BCUT2D eigenvalue weighted by molar-refractivity contribution is -0.00955. The molecule has 2 aromatic rings. The van der Waals surface area contributed by atoms with Crippen LogP contribution in [-0.2, 0) is 4.74 Å². The van der Waals surface area contributed by atoms with E-state index in [2.05, 4.69) is 37.3 Å². The van der Waals surface area contributed by atoms with Gasteiger partial charge in [0.25, 0.3) is 0 Å². The number of nitriles is 1. The van der Waals surface area contributed by atoms with Crippen molar-refractivity contribution in [2.75, 3.05) is 6.61 Å². The van der Waals surface area contributed by atoms with Crippen molar-refractivity contribution in [3.63, 3.8) is 0 Å². The van der Waals surface area contributed by atoms with Gasteiger partial charge in [0.15, 0.2) is 0 Å². The molecule has 2 aliphatic rings. The normalized spacial score (nSPS) is 27.6. The van der Waals surface area contributed by atoms with E-state index >= 15 is 0 Å². The van der Waals surface area contributed by atoms with Gasteiger partial charge in [-0.1, -0.05) is 36.4 Å². The van der Waals surface area contributed by atoms with Crippen LogP contribution in [0.2, 0.25) is 0 Å². The third-order valence-corrected chi connectivity index (χ3v) is 6.70. The number of benzene rings is 2. The first kappa shape index (κ1) is 18.3. The number of ether oxygens (including phenoxy) is 1. The Morgan fingerprint density at radius 2 is 1.48 bits per heavy atom. The summed E-state index contributed by atoms with van der Waals surface area (Å²) in [5, 5.41) is 8.95. The molecule has 4 unspecified atom stereocenters. The highest BCUT2D eigenvalue weighted by Crippen LogP contribution is 2.46. The highest BCUT2D eigenvalue weighted by molar-refractivity contribution is 5.64. The van der Waals surface area contributed by atoms with Crippen molar-refractivity contribution in [2.45, 2.75) is 57.5 Å². The molecule has 2 aromatic carbocycles. The summed E-state index contributed by atoms with van der Waals surface area (Å²) >= 11 is 0. The molecule has 0 spiro atoms. The largest absolute Gasteiger partial charge is 0.378 e. The van der Waals surface area contributed by atoms with Gasteiger partial charge >= 0.3 is 0 Å². The lowest BCUT2D eigenvalue weighted by Crippen LogP contribution is -2.33. The second-order valence-electron chi connectivity index (χ2n) is 8.23. The number of hydrogen-bond acceptors (Lipinski definition) is 2. The molecule has 0 bridgehead atoms. The van der Waals surface area contributed by atoms with Crippen LogP contribution in [0.15, 0.2) is 48.5 Å². The van der Waals surface area contributed by atoms with Crippen LogP contribution in [0.5, 0.6) is 0 Å². The summed E-state index contributed by atoms with van der Waals surface area (Å²) < 4.78 is 5.90. The molecule has 2 aliphatic carbocycles. The molecule has 0 N–H and O–H groups in total. The maximum absolute atomic E-state index is 8.95. The van der Waals surface area contributed by atoms with Crippen molar-refractivity contribution >= 4 is 0 Å². The molecule has 0 radical (unpaired) electrons. The van der Waals surface area contributed by atoms with Crippen molar-refractivity contribution in [1.82, 2.24) is 0 Å². The molecular weight excluding hydrogens is 330 g/mol. The Morgan fingerprint density at radius 3 is 2.15 bits per heavy atom. The average molecular weight is 360 g/mol. The zero-order chi connectivity index (χ0) is 18.6. The van der Waals surface area contributed by atoms with Gasteiger partial charge in [-0.25, -0.2) is 0 Å². The monoisotopic (exact) mass is 359 g/mol. The molecule has 2 heteroatoms. The van der Waals surface area contributed by atoms with Crippen LogP contribution in [0, 0.1) is 23.2 Å². The van der Waals surface area contributed by atoms with Gasteiger partial charge in [-0.3, -0.25) is 0 Å². The minimum Gasteiger partial charge on any atom is -0.378 e. The Bertz CT molecular complexity index is 787. The zero-order valence-corrected chi connectivity index (χ0v) is 16.2. The van der Waals surface area contributed by atoms with Crippen LogP contribution >= 0.6 is 0 Å². The Labute approximate surface area is 163 Å².